The Morgan fingerprint density at radius 1 is 0.458 bits per heavy atom. The first-order chi connectivity index (χ1) is 35.2. The Balaban J connectivity index is 0.998. The molecule has 8 aromatic carbocycles. The Hall–Kier alpha value is -9.28. The number of fused-ring (bicyclic) bond motifs is 14. The van der Waals surface area contributed by atoms with Crippen molar-refractivity contribution in [3.63, 3.8) is 0 Å². The van der Waals surface area contributed by atoms with Gasteiger partial charge in [-0.25, -0.2) is 15.0 Å². The zero-order chi connectivity index (χ0) is 48.1. The first-order valence-electron chi connectivity index (χ1n) is 24.5. The standard InChI is InChI=1S/C62H46N10/c1-38-17-13-28-49-57(38)64-60-69(52-35-55-54(36-53(52)70(49)60)71-50-29-14-18-39(2)58(50)65-61(71)72(55)56-33-40(31-32-63-56)62(3,4)5)43-22-15-21-42(34-43)66-37-67(48-27-12-11-26-47(48)66)51-30-16-24-45-44-23-9-10-25-46(44)68(59(45)51)41-19-7-6-8-20-41/h6-36H,1-5H3. The topological polar surface area (TPSA) is 71.1 Å². The molecule has 0 amide bonds. The van der Waals surface area contributed by atoms with E-state index < -0.39 is 0 Å². The number of para-hydroxylation sites is 7. The van der Waals surface area contributed by atoms with E-state index in [0.717, 1.165) is 117 Å². The predicted octanol–water partition coefficient (Wildman–Crippen LogP) is 13.6. The van der Waals surface area contributed by atoms with Gasteiger partial charge in [-0.05, 0) is 115 Å². The van der Waals surface area contributed by atoms with Gasteiger partial charge in [-0.2, -0.15) is 0 Å². The van der Waals surface area contributed by atoms with Gasteiger partial charge >= 0.3 is 0 Å². The number of benzene rings is 8. The van der Waals surface area contributed by atoms with E-state index in [-0.39, 0.29) is 5.41 Å². The highest BCUT2D eigenvalue weighted by atomic mass is 15.3. The van der Waals surface area contributed by atoms with Gasteiger partial charge in [0.1, 0.15) is 5.82 Å². The predicted molar refractivity (Wildman–Crippen MR) is 290 cm³/mol. The number of hydrogen-bond acceptors (Lipinski definition) is 3. The zero-order valence-corrected chi connectivity index (χ0v) is 40.4. The molecule has 0 fully saturated rings. The monoisotopic (exact) mass is 930 g/mol. The second kappa shape index (κ2) is 14.6. The van der Waals surface area contributed by atoms with Gasteiger partial charge in [0.05, 0.1) is 77.6 Å². The molecule has 0 saturated carbocycles. The summed E-state index contributed by atoms with van der Waals surface area (Å²) in [5.74, 6) is 2.47. The van der Waals surface area contributed by atoms with Crippen molar-refractivity contribution >= 4 is 88.5 Å². The van der Waals surface area contributed by atoms with Crippen molar-refractivity contribution in [1.29, 1.82) is 0 Å². The van der Waals surface area contributed by atoms with Crippen LogP contribution in [0.2, 0.25) is 0 Å². The number of aromatic nitrogens is 10. The Kier molecular flexibility index (Phi) is 8.25. The Labute approximate surface area is 413 Å². The lowest BCUT2D eigenvalue weighted by molar-refractivity contribution is -0.571. The number of aryl methyl sites for hydroxylation is 2. The third-order valence-corrected chi connectivity index (χ3v) is 14.9. The fourth-order valence-electron chi connectivity index (χ4n) is 11.4. The van der Waals surface area contributed by atoms with Crippen LogP contribution in [0.5, 0.6) is 0 Å². The van der Waals surface area contributed by atoms with E-state index in [1.165, 1.54) is 16.3 Å². The van der Waals surface area contributed by atoms with E-state index in [9.17, 15) is 0 Å². The van der Waals surface area contributed by atoms with E-state index in [1.807, 2.05) is 6.20 Å². The normalized spacial score (nSPS) is 12.5. The van der Waals surface area contributed by atoms with Crippen LogP contribution in [0.3, 0.4) is 0 Å². The van der Waals surface area contributed by atoms with Crippen molar-refractivity contribution in [2.24, 2.45) is 0 Å². The van der Waals surface area contributed by atoms with Crippen LogP contribution in [0, 0.1) is 20.2 Å². The van der Waals surface area contributed by atoms with Crippen LogP contribution in [0.15, 0.2) is 188 Å². The molecule has 0 saturated heterocycles. The maximum Gasteiger partial charge on any atom is 0.269 e. The van der Waals surface area contributed by atoms with Crippen molar-refractivity contribution in [3.8, 4) is 28.6 Å². The van der Waals surface area contributed by atoms with Crippen LogP contribution in [-0.2, 0) is 5.41 Å². The zero-order valence-electron chi connectivity index (χ0n) is 40.4. The van der Waals surface area contributed by atoms with Crippen LogP contribution in [-0.4, -0.2) is 42.0 Å². The molecular formula is C62H46N10. The van der Waals surface area contributed by atoms with Crippen LogP contribution in [0.4, 0.5) is 0 Å². The number of pyridine rings is 1. The van der Waals surface area contributed by atoms with Crippen molar-refractivity contribution in [2.75, 3.05) is 0 Å². The van der Waals surface area contributed by atoms with Gasteiger partial charge < -0.3 is 4.57 Å². The highest BCUT2D eigenvalue weighted by Gasteiger charge is 2.26. The van der Waals surface area contributed by atoms with Gasteiger partial charge in [-0.15, -0.1) is 0 Å². The molecule has 0 aliphatic carbocycles. The maximum atomic E-state index is 5.48. The van der Waals surface area contributed by atoms with Crippen molar-refractivity contribution < 1.29 is 4.57 Å². The molecule has 15 aromatic rings. The maximum absolute atomic E-state index is 5.48. The van der Waals surface area contributed by atoms with Crippen LogP contribution in [0.25, 0.3) is 117 Å². The molecule has 10 nitrogen and oxygen atoms in total. The van der Waals surface area contributed by atoms with E-state index in [1.54, 1.807) is 0 Å². The molecule has 72 heavy (non-hydrogen) atoms. The minimum atomic E-state index is -0.0810. The molecule has 7 heterocycles. The summed E-state index contributed by atoms with van der Waals surface area (Å²) in [5, 5.41) is 2.39. The molecule has 7 aromatic heterocycles. The van der Waals surface area contributed by atoms with Gasteiger partial charge in [0.15, 0.2) is 0 Å². The lowest BCUT2D eigenvalue weighted by Gasteiger charge is -2.19. The van der Waals surface area contributed by atoms with Gasteiger partial charge in [0.25, 0.3) is 6.33 Å². The SMILES string of the molecule is Cc1cccc2c1nc1n(-c3cccc(-n4[c-][n+](-c5cccc6c7ccccc7n(-c7ccccc7)c56)c5ccccc54)c3)c3cc4c(cc3n21)n1c2cccc(C)c2nc1n4-c1cc(C(C)(C)C)ccn1. The number of imidazole rings is 5. The Bertz CT molecular complexity index is 4750. The van der Waals surface area contributed by atoms with E-state index in [0.29, 0.717) is 0 Å². The summed E-state index contributed by atoms with van der Waals surface area (Å²) in [6, 6.07) is 65.2. The Morgan fingerprint density at radius 3 is 1.79 bits per heavy atom. The van der Waals surface area contributed by atoms with Gasteiger partial charge in [0, 0.05) is 28.3 Å². The molecule has 344 valence electrons. The molecule has 0 radical (unpaired) electrons. The minimum Gasteiger partial charge on any atom is -0.312 e. The quantitative estimate of drug-likeness (QED) is 0.127. The third kappa shape index (κ3) is 5.60. The number of hydrogen-bond donors (Lipinski definition) is 0. The molecule has 0 unspecified atom stereocenters. The summed E-state index contributed by atoms with van der Waals surface area (Å²) in [6.45, 7) is 11.0. The third-order valence-electron chi connectivity index (χ3n) is 14.9. The van der Waals surface area contributed by atoms with Gasteiger partial charge in [-0.1, -0.05) is 124 Å². The van der Waals surface area contributed by atoms with Crippen LogP contribution >= 0.6 is 0 Å². The summed E-state index contributed by atoms with van der Waals surface area (Å²) < 4.78 is 16.0. The molecule has 15 rings (SSSR count). The average Bonchev–Trinajstić information content (AvgIpc) is 4.25. The first kappa shape index (κ1) is 40.6. The molecule has 0 aliphatic rings. The van der Waals surface area contributed by atoms with Crippen molar-refractivity contribution in [1.82, 2.24) is 42.0 Å². The average molecular weight is 931 g/mol. The lowest BCUT2D eigenvalue weighted by atomic mass is 9.88. The van der Waals surface area contributed by atoms with E-state index in [2.05, 4.69) is 255 Å². The molecule has 0 aliphatic heterocycles. The fourth-order valence-corrected chi connectivity index (χ4v) is 11.4. The number of nitrogens with zero attached hydrogens (tertiary/aromatic N) is 10. The summed E-state index contributed by atoms with van der Waals surface area (Å²) in [7, 11) is 0. The second-order valence-corrected chi connectivity index (χ2v) is 20.2. The van der Waals surface area contributed by atoms with Gasteiger partial charge in [0.2, 0.25) is 11.6 Å². The van der Waals surface area contributed by atoms with Crippen molar-refractivity contribution in [3.05, 3.63) is 211 Å². The highest BCUT2D eigenvalue weighted by Crippen LogP contribution is 2.39. The van der Waals surface area contributed by atoms with Crippen molar-refractivity contribution in [2.45, 2.75) is 40.0 Å². The van der Waals surface area contributed by atoms with Crippen LogP contribution in [0.1, 0.15) is 37.5 Å². The fraction of sp³-hybridized carbons (Fsp3) is 0.0968. The Morgan fingerprint density at radius 2 is 1.04 bits per heavy atom. The van der Waals surface area contributed by atoms with Gasteiger partial charge in [-0.3, -0.25) is 27.1 Å². The second-order valence-electron chi connectivity index (χ2n) is 20.2. The van der Waals surface area contributed by atoms with E-state index >= 15 is 0 Å². The van der Waals surface area contributed by atoms with E-state index in [4.69, 9.17) is 15.0 Å². The largest absolute Gasteiger partial charge is 0.312 e. The summed E-state index contributed by atoms with van der Waals surface area (Å²) in [6.07, 6.45) is 5.81. The highest BCUT2D eigenvalue weighted by molar-refractivity contribution is 6.11. The summed E-state index contributed by atoms with van der Waals surface area (Å²) in [5.41, 5.74) is 20.0. The summed E-state index contributed by atoms with van der Waals surface area (Å²) in [4.78, 5) is 15.9. The molecule has 10 heteroatoms. The summed E-state index contributed by atoms with van der Waals surface area (Å²) >= 11 is 0. The molecule has 0 spiro atoms. The molecule has 0 bridgehead atoms. The minimum absolute atomic E-state index is 0.0810. The number of rotatable bonds is 5. The molecule has 0 atom stereocenters. The lowest BCUT2D eigenvalue weighted by Crippen LogP contribution is -2.30. The first-order valence-corrected chi connectivity index (χ1v) is 24.5. The molecular weight excluding hydrogens is 885 g/mol. The smallest absolute Gasteiger partial charge is 0.269 e. The molecule has 0 N–H and O–H groups in total. The van der Waals surface area contributed by atoms with Crippen LogP contribution < -0.4 is 4.57 Å².